The molecule has 7 heteroatoms. The number of hydrazone groups is 1. The fraction of sp³-hybridized carbons (Fsp3) is 0.174. The number of hydrogen-bond acceptors (Lipinski definition) is 5. The molecular weight excluding hydrogens is 423 g/mol. The highest BCUT2D eigenvalue weighted by Gasteiger charge is 2.42. The first-order valence-electron chi connectivity index (χ1n) is 9.48. The van der Waals surface area contributed by atoms with Gasteiger partial charge in [-0.15, -0.1) is 0 Å². The Morgan fingerprint density at radius 3 is 2.43 bits per heavy atom. The van der Waals surface area contributed by atoms with E-state index in [0.29, 0.717) is 22.0 Å². The molecule has 0 aliphatic carbocycles. The van der Waals surface area contributed by atoms with Crippen LogP contribution in [0.1, 0.15) is 35.4 Å². The maximum absolute atomic E-state index is 10.5. The van der Waals surface area contributed by atoms with E-state index in [4.69, 9.17) is 37.8 Å². The SMILES string of the molecule is COc1ccc(C2=NN3[C@H](C2)c2cc(Cl)ccc2O[C@H]3c2cc(Cl)ccc2O)cc1. The van der Waals surface area contributed by atoms with Crippen LogP contribution in [-0.4, -0.2) is 22.9 Å². The number of hydrogen-bond donors (Lipinski definition) is 1. The van der Waals surface area contributed by atoms with Crippen LogP contribution in [0.5, 0.6) is 17.2 Å². The fourth-order valence-electron chi connectivity index (χ4n) is 3.94. The van der Waals surface area contributed by atoms with Crippen molar-refractivity contribution in [3.63, 3.8) is 0 Å². The standard InChI is InChI=1S/C23H18Cl2N2O3/c1-29-16-6-2-13(3-7-16)19-12-20-17-10-15(25)5-9-22(17)30-23(27(20)26-19)18-11-14(24)4-8-21(18)28/h2-11,20,23,28H,12H2,1H3/t20-,23+/m1/s1. The highest BCUT2D eigenvalue weighted by atomic mass is 35.5. The van der Waals surface area contributed by atoms with Gasteiger partial charge in [0, 0.05) is 22.0 Å². The predicted molar refractivity (Wildman–Crippen MR) is 117 cm³/mol. The van der Waals surface area contributed by atoms with Crippen molar-refractivity contribution in [1.82, 2.24) is 5.01 Å². The van der Waals surface area contributed by atoms with E-state index in [1.165, 1.54) is 0 Å². The lowest BCUT2D eigenvalue weighted by Gasteiger charge is -2.38. The predicted octanol–water partition coefficient (Wildman–Crippen LogP) is 5.95. The quantitative estimate of drug-likeness (QED) is 0.546. The molecule has 2 heterocycles. The van der Waals surface area contributed by atoms with E-state index in [1.807, 2.05) is 41.4 Å². The maximum atomic E-state index is 10.5. The van der Waals surface area contributed by atoms with E-state index in [-0.39, 0.29) is 11.8 Å². The number of phenols is 1. The molecule has 1 N–H and O–H groups in total. The smallest absolute Gasteiger partial charge is 0.217 e. The Morgan fingerprint density at radius 1 is 1.00 bits per heavy atom. The van der Waals surface area contributed by atoms with Crippen molar-refractivity contribution in [3.05, 3.63) is 87.4 Å². The number of benzene rings is 3. The molecule has 0 bridgehead atoms. The zero-order valence-electron chi connectivity index (χ0n) is 16.0. The van der Waals surface area contributed by atoms with Crippen LogP contribution in [0.4, 0.5) is 0 Å². The highest BCUT2D eigenvalue weighted by molar-refractivity contribution is 6.31. The van der Waals surface area contributed by atoms with Crippen LogP contribution < -0.4 is 9.47 Å². The molecular formula is C23H18Cl2N2O3. The molecule has 5 rings (SSSR count). The summed E-state index contributed by atoms with van der Waals surface area (Å²) in [7, 11) is 1.64. The Kier molecular flexibility index (Phi) is 4.72. The van der Waals surface area contributed by atoms with Gasteiger partial charge in [0.25, 0.3) is 0 Å². The van der Waals surface area contributed by atoms with Crippen molar-refractivity contribution in [1.29, 1.82) is 0 Å². The second-order valence-electron chi connectivity index (χ2n) is 7.23. The first kappa shape index (κ1) is 19.1. The van der Waals surface area contributed by atoms with Crippen LogP contribution >= 0.6 is 23.2 Å². The topological polar surface area (TPSA) is 54.3 Å². The summed E-state index contributed by atoms with van der Waals surface area (Å²) in [6, 6.07) is 18.2. The molecule has 3 aromatic rings. The lowest BCUT2D eigenvalue weighted by Crippen LogP contribution is -2.33. The largest absolute Gasteiger partial charge is 0.507 e. The fourth-order valence-corrected chi connectivity index (χ4v) is 4.31. The lowest BCUT2D eigenvalue weighted by molar-refractivity contribution is -0.0203. The summed E-state index contributed by atoms with van der Waals surface area (Å²) in [6.45, 7) is 0. The number of phenolic OH excluding ortho intramolecular Hbond substituents is 1. The van der Waals surface area contributed by atoms with Gasteiger partial charge in [-0.3, -0.25) is 0 Å². The second kappa shape index (κ2) is 7.42. The molecule has 0 saturated carbocycles. The minimum Gasteiger partial charge on any atom is -0.507 e. The minimum atomic E-state index is -0.613. The van der Waals surface area contributed by atoms with Gasteiger partial charge in [-0.05, 0) is 66.2 Å². The van der Waals surface area contributed by atoms with Gasteiger partial charge in [0.2, 0.25) is 6.23 Å². The zero-order chi connectivity index (χ0) is 20.8. The highest BCUT2D eigenvalue weighted by Crippen LogP contribution is 2.49. The molecule has 2 atom stereocenters. The molecule has 0 spiro atoms. The number of nitrogens with zero attached hydrogens (tertiary/aromatic N) is 2. The Labute approximate surface area is 184 Å². The van der Waals surface area contributed by atoms with Gasteiger partial charge >= 0.3 is 0 Å². The lowest BCUT2D eigenvalue weighted by atomic mass is 9.95. The van der Waals surface area contributed by atoms with Crippen molar-refractivity contribution in [2.24, 2.45) is 5.10 Å². The summed E-state index contributed by atoms with van der Waals surface area (Å²) in [5, 5.41) is 18.4. The molecule has 0 saturated heterocycles. The molecule has 0 aromatic heterocycles. The molecule has 5 nitrogen and oxygen atoms in total. The minimum absolute atomic E-state index is 0.0760. The molecule has 0 unspecified atom stereocenters. The first-order chi connectivity index (χ1) is 14.5. The van der Waals surface area contributed by atoms with Gasteiger partial charge in [-0.25, -0.2) is 5.01 Å². The van der Waals surface area contributed by atoms with Crippen LogP contribution in [0.25, 0.3) is 0 Å². The molecule has 0 amide bonds. The summed E-state index contributed by atoms with van der Waals surface area (Å²) in [5.74, 6) is 1.61. The average Bonchev–Trinajstić information content (AvgIpc) is 3.21. The Bertz CT molecular complexity index is 1150. The van der Waals surface area contributed by atoms with Crippen LogP contribution in [0.3, 0.4) is 0 Å². The van der Waals surface area contributed by atoms with Crippen molar-refractivity contribution >= 4 is 28.9 Å². The number of methoxy groups -OCH3 is 1. The van der Waals surface area contributed by atoms with E-state index in [9.17, 15) is 5.11 Å². The van der Waals surface area contributed by atoms with Gasteiger partial charge in [-0.1, -0.05) is 23.2 Å². The molecule has 0 fully saturated rings. The van der Waals surface area contributed by atoms with Gasteiger partial charge in [0.05, 0.1) is 24.4 Å². The summed E-state index contributed by atoms with van der Waals surface area (Å²) < 4.78 is 11.5. The van der Waals surface area contributed by atoms with Gasteiger partial charge in [0.1, 0.15) is 17.2 Å². The average molecular weight is 441 g/mol. The van der Waals surface area contributed by atoms with Gasteiger partial charge < -0.3 is 14.6 Å². The molecule has 3 aromatic carbocycles. The zero-order valence-corrected chi connectivity index (χ0v) is 17.6. The van der Waals surface area contributed by atoms with Crippen LogP contribution in [-0.2, 0) is 0 Å². The molecule has 2 aliphatic heterocycles. The van der Waals surface area contributed by atoms with Crippen LogP contribution in [0.2, 0.25) is 10.0 Å². The normalized spacial score (nSPS) is 19.6. The van der Waals surface area contributed by atoms with E-state index in [0.717, 1.165) is 28.3 Å². The van der Waals surface area contributed by atoms with Crippen LogP contribution in [0, 0.1) is 0 Å². The Hall–Kier alpha value is -2.89. The summed E-state index contributed by atoms with van der Waals surface area (Å²) in [5.41, 5.74) is 3.45. The van der Waals surface area contributed by atoms with Gasteiger partial charge in [-0.2, -0.15) is 5.10 Å². The maximum Gasteiger partial charge on any atom is 0.217 e. The molecule has 0 radical (unpaired) electrons. The number of ether oxygens (including phenoxy) is 2. The summed E-state index contributed by atoms with van der Waals surface area (Å²) in [4.78, 5) is 0. The first-order valence-corrected chi connectivity index (χ1v) is 10.2. The number of halogens is 2. The van der Waals surface area contributed by atoms with Crippen molar-refractivity contribution < 1.29 is 14.6 Å². The van der Waals surface area contributed by atoms with Crippen molar-refractivity contribution in [2.75, 3.05) is 7.11 Å². The van der Waals surface area contributed by atoms with E-state index in [1.54, 1.807) is 31.4 Å². The van der Waals surface area contributed by atoms with E-state index in [2.05, 4.69) is 0 Å². The Balaban J connectivity index is 1.61. The Morgan fingerprint density at radius 2 is 1.70 bits per heavy atom. The number of aromatic hydroxyl groups is 1. The summed E-state index contributed by atoms with van der Waals surface area (Å²) >= 11 is 12.5. The van der Waals surface area contributed by atoms with E-state index < -0.39 is 6.23 Å². The third kappa shape index (κ3) is 3.24. The third-order valence-corrected chi connectivity index (χ3v) is 5.90. The third-order valence-electron chi connectivity index (χ3n) is 5.43. The van der Waals surface area contributed by atoms with E-state index >= 15 is 0 Å². The van der Waals surface area contributed by atoms with Gasteiger partial charge in [0.15, 0.2) is 0 Å². The monoisotopic (exact) mass is 440 g/mol. The molecule has 152 valence electrons. The number of rotatable bonds is 3. The summed E-state index contributed by atoms with van der Waals surface area (Å²) in [6.07, 6.45) is 0.0686. The second-order valence-corrected chi connectivity index (χ2v) is 8.10. The number of fused-ring (bicyclic) bond motifs is 3. The van der Waals surface area contributed by atoms with Crippen molar-refractivity contribution in [3.8, 4) is 17.2 Å². The molecule has 2 aliphatic rings. The molecule has 30 heavy (non-hydrogen) atoms. The van der Waals surface area contributed by atoms with Crippen molar-refractivity contribution in [2.45, 2.75) is 18.7 Å². The van der Waals surface area contributed by atoms with Crippen LogP contribution in [0.15, 0.2) is 65.8 Å².